The Labute approximate surface area is 181 Å². The van der Waals surface area contributed by atoms with E-state index in [4.69, 9.17) is 14.2 Å². The lowest BCUT2D eigenvalue weighted by Crippen LogP contribution is -2.19. The second-order valence-electron chi connectivity index (χ2n) is 5.92. The van der Waals surface area contributed by atoms with Gasteiger partial charge in [0.2, 0.25) is 0 Å². The monoisotopic (exact) mass is 598 g/mol. The second kappa shape index (κ2) is 8.74. The molecule has 0 aliphatic rings. The molecule has 0 amide bonds. The number of methoxy groups -OCH3 is 2. The van der Waals surface area contributed by atoms with E-state index in [0.717, 1.165) is 40.5 Å². The van der Waals surface area contributed by atoms with Crippen LogP contribution in [-0.2, 0) is 10.2 Å². The van der Waals surface area contributed by atoms with Crippen LogP contribution >= 0.6 is 63.7 Å². The Morgan fingerprint density at radius 2 is 1.16 bits per heavy atom. The molecule has 0 saturated carbocycles. The summed E-state index contributed by atoms with van der Waals surface area (Å²) in [5.74, 6) is 1.50. The summed E-state index contributed by atoms with van der Waals surface area (Å²) in [7, 11) is 3.25. The molecule has 2 rings (SSSR count). The van der Waals surface area contributed by atoms with Gasteiger partial charge in [-0.3, -0.25) is 0 Å². The minimum absolute atomic E-state index is 0.193. The largest absolute Gasteiger partial charge is 0.494 e. The first-order chi connectivity index (χ1) is 11.7. The van der Waals surface area contributed by atoms with Crippen LogP contribution < -0.4 is 9.47 Å². The first-order valence-electron chi connectivity index (χ1n) is 7.37. The molecule has 0 bridgehead atoms. The lowest BCUT2D eigenvalue weighted by atomic mass is 9.78. The number of halogens is 4. The van der Waals surface area contributed by atoms with Gasteiger partial charge in [-0.15, -0.1) is 0 Å². The molecule has 0 unspecified atom stereocenters. The zero-order valence-electron chi connectivity index (χ0n) is 14.3. The fourth-order valence-corrected chi connectivity index (χ4v) is 5.38. The summed E-state index contributed by atoms with van der Waals surface area (Å²) in [6.07, 6.45) is 0. The van der Waals surface area contributed by atoms with Gasteiger partial charge in [-0.05, 0) is 99.1 Å². The molecule has 7 heteroatoms. The molecule has 0 spiro atoms. The molecule has 2 aromatic rings. The number of ether oxygens (including phenoxy) is 3. The van der Waals surface area contributed by atoms with Gasteiger partial charge in [-0.2, -0.15) is 0 Å². The lowest BCUT2D eigenvalue weighted by Gasteiger charge is -2.28. The van der Waals surface area contributed by atoms with E-state index in [2.05, 4.69) is 102 Å². The molecule has 0 N–H and O–H groups in total. The number of hydrogen-bond donors (Lipinski definition) is 0. The van der Waals surface area contributed by atoms with E-state index >= 15 is 0 Å². The molecule has 0 fully saturated rings. The van der Waals surface area contributed by atoms with Crippen LogP contribution in [0, 0.1) is 0 Å². The highest BCUT2D eigenvalue weighted by Gasteiger charge is 2.27. The zero-order valence-corrected chi connectivity index (χ0v) is 20.6. The van der Waals surface area contributed by atoms with Crippen LogP contribution in [0.5, 0.6) is 11.5 Å². The molecular weight excluding hydrogens is 584 g/mol. The topological polar surface area (TPSA) is 27.7 Å². The third-order valence-corrected chi connectivity index (χ3v) is 6.32. The van der Waals surface area contributed by atoms with E-state index < -0.39 is 0 Å². The van der Waals surface area contributed by atoms with E-state index in [1.54, 1.807) is 14.2 Å². The molecule has 2 aromatic carbocycles. The van der Waals surface area contributed by atoms with Crippen LogP contribution in [0.4, 0.5) is 0 Å². The summed E-state index contributed by atoms with van der Waals surface area (Å²) in [6.45, 7) is 4.55. The van der Waals surface area contributed by atoms with Crippen molar-refractivity contribution >= 4 is 63.7 Å². The van der Waals surface area contributed by atoms with E-state index in [-0.39, 0.29) is 12.2 Å². The summed E-state index contributed by atoms with van der Waals surface area (Å²) in [4.78, 5) is 0. The van der Waals surface area contributed by atoms with Gasteiger partial charge in [0.05, 0.1) is 25.0 Å². The highest BCUT2D eigenvalue weighted by Crippen LogP contribution is 2.43. The molecule has 0 aromatic heterocycles. The van der Waals surface area contributed by atoms with Crippen molar-refractivity contribution in [3.8, 4) is 11.5 Å². The minimum Gasteiger partial charge on any atom is -0.494 e. The summed E-state index contributed by atoms with van der Waals surface area (Å²) in [5, 5.41) is 0. The van der Waals surface area contributed by atoms with Gasteiger partial charge in [0.25, 0.3) is 0 Å². The van der Waals surface area contributed by atoms with Gasteiger partial charge >= 0.3 is 0 Å². The van der Waals surface area contributed by atoms with E-state index in [9.17, 15) is 0 Å². The Kier molecular flexibility index (Phi) is 7.42. The van der Waals surface area contributed by atoms with Gasteiger partial charge in [0, 0.05) is 12.5 Å². The molecule has 0 radical (unpaired) electrons. The molecule has 0 saturated heterocycles. The quantitative estimate of drug-likeness (QED) is 0.332. The summed E-state index contributed by atoms with van der Waals surface area (Å²) in [5.41, 5.74) is 2.05. The Morgan fingerprint density at radius 1 is 0.760 bits per heavy atom. The molecule has 0 atom stereocenters. The minimum atomic E-state index is -0.234. The SMILES string of the molecule is COCOc1c(Br)cc(C(C)(C)c2cc(Br)c(OC)c(Br)c2)cc1Br. The van der Waals surface area contributed by atoms with Crippen LogP contribution in [0.25, 0.3) is 0 Å². The standard InChI is InChI=1S/C18H18Br4O3/c1-18(2,10-5-12(19)16(24-4)13(20)6-10)11-7-14(21)17(15(22)8-11)25-9-23-3/h5-8H,9H2,1-4H3. The van der Waals surface area contributed by atoms with Crippen LogP contribution in [0.1, 0.15) is 25.0 Å². The Balaban J connectivity index is 2.49. The predicted octanol–water partition coefficient (Wildman–Crippen LogP) is 7.05. The first kappa shape index (κ1) is 21.2. The summed E-state index contributed by atoms with van der Waals surface area (Å²) >= 11 is 14.4. The number of hydrogen-bond acceptors (Lipinski definition) is 3. The van der Waals surface area contributed by atoms with Gasteiger partial charge in [-0.1, -0.05) is 13.8 Å². The summed E-state index contributed by atoms with van der Waals surface area (Å²) in [6, 6.07) is 8.31. The Hall–Kier alpha value is -0.0800. The highest BCUT2D eigenvalue weighted by atomic mass is 79.9. The highest BCUT2D eigenvalue weighted by molar-refractivity contribution is 9.11. The van der Waals surface area contributed by atoms with Crippen LogP contribution in [-0.4, -0.2) is 21.0 Å². The van der Waals surface area contributed by atoms with Crippen molar-refractivity contribution in [1.82, 2.24) is 0 Å². The first-order valence-corrected chi connectivity index (χ1v) is 10.5. The zero-order chi connectivity index (χ0) is 18.8. The van der Waals surface area contributed by atoms with Crippen molar-refractivity contribution in [3.63, 3.8) is 0 Å². The van der Waals surface area contributed by atoms with Crippen LogP contribution in [0.3, 0.4) is 0 Å². The Morgan fingerprint density at radius 3 is 1.52 bits per heavy atom. The van der Waals surface area contributed by atoms with E-state index in [1.165, 1.54) is 0 Å². The van der Waals surface area contributed by atoms with Crippen molar-refractivity contribution < 1.29 is 14.2 Å². The van der Waals surface area contributed by atoms with Gasteiger partial charge in [0.15, 0.2) is 12.5 Å². The van der Waals surface area contributed by atoms with Crippen molar-refractivity contribution in [2.45, 2.75) is 19.3 Å². The Bertz CT molecular complexity index is 729. The maximum absolute atomic E-state index is 5.61. The van der Waals surface area contributed by atoms with Crippen molar-refractivity contribution in [2.24, 2.45) is 0 Å². The second-order valence-corrected chi connectivity index (χ2v) is 9.34. The van der Waals surface area contributed by atoms with Crippen molar-refractivity contribution in [3.05, 3.63) is 53.3 Å². The van der Waals surface area contributed by atoms with Crippen LogP contribution in [0.15, 0.2) is 42.2 Å². The third kappa shape index (κ3) is 4.61. The molecule has 0 aliphatic carbocycles. The normalized spacial score (nSPS) is 11.5. The molecule has 25 heavy (non-hydrogen) atoms. The number of benzene rings is 2. The van der Waals surface area contributed by atoms with E-state index in [1.807, 2.05) is 0 Å². The van der Waals surface area contributed by atoms with Gasteiger partial charge < -0.3 is 14.2 Å². The predicted molar refractivity (Wildman–Crippen MR) is 115 cm³/mol. The fourth-order valence-electron chi connectivity index (χ4n) is 2.46. The molecule has 3 nitrogen and oxygen atoms in total. The molecule has 136 valence electrons. The third-order valence-electron chi connectivity index (χ3n) is 3.97. The fraction of sp³-hybridized carbons (Fsp3) is 0.333. The average Bonchev–Trinajstić information content (AvgIpc) is 2.53. The smallest absolute Gasteiger partial charge is 0.188 e. The van der Waals surface area contributed by atoms with Crippen molar-refractivity contribution in [2.75, 3.05) is 21.0 Å². The summed E-state index contributed by atoms with van der Waals surface area (Å²) < 4.78 is 19.6. The molecular formula is C18H18Br4O3. The number of rotatable bonds is 6. The van der Waals surface area contributed by atoms with Crippen molar-refractivity contribution in [1.29, 1.82) is 0 Å². The van der Waals surface area contributed by atoms with Crippen LogP contribution in [0.2, 0.25) is 0 Å². The lowest BCUT2D eigenvalue weighted by molar-refractivity contribution is 0.0500. The average molecular weight is 602 g/mol. The van der Waals surface area contributed by atoms with Gasteiger partial charge in [0.1, 0.15) is 5.75 Å². The molecule has 0 aliphatic heterocycles. The van der Waals surface area contributed by atoms with E-state index in [0.29, 0.717) is 0 Å². The maximum Gasteiger partial charge on any atom is 0.188 e. The van der Waals surface area contributed by atoms with Gasteiger partial charge in [-0.25, -0.2) is 0 Å². The maximum atomic E-state index is 5.61. The molecule has 0 heterocycles.